The number of nitrogens with zero attached hydrogens (tertiary/aromatic N) is 3. The predicted octanol–water partition coefficient (Wildman–Crippen LogP) is 4.97. The number of hydrogen-bond donors (Lipinski definition) is 0. The van der Waals surface area contributed by atoms with Gasteiger partial charge in [0, 0.05) is 17.2 Å². The van der Waals surface area contributed by atoms with Gasteiger partial charge >= 0.3 is 0 Å². The highest BCUT2D eigenvalue weighted by Crippen LogP contribution is 2.21. The third-order valence-corrected chi connectivity index (χ3v) is 4.87. The van der Waals surface area contributed by atoms with E-state index < -0.39 is 0 Å². The lowest BCUT2D eigenvalue weighted by Crippen LogP contribution is -2.36. The van der Waals surface area contributed by atoms with Crippen molar-refractivity contribution in [1.29, 1.82) is 0 Å². The van der Waals surface area contributed by atoms with Crippen LogP contribution in [0.15, 0.2) is 53.1 Å². The van der Waals surface area contributed by atoms with E-state index in [4.69, 9.17) is 14.0 Å². The van der Waals surface area contributed by atoms with Gasteiger partial charge in [0.25, 0.3) is 5.91 Å². The van der Waals surface area contributed by atoms with Crippen molar-refractivity contribution in [3.8, 4) is 22.9 Å². The zero-order valence-corrected chi connectivity index (χ0v) is 18.5. The van der Waals surface area contributed by atoms with Crippen molar-refractivity contribution in [3.05, 3.63) is 60.0 Å². The highest BCUT2D eigenvalue weighted by atomic mass is 16.5. The molecule has 3 rings (SSSR count). The van der Waals surface area contributed by atoms with Crippen molar-refractivity contribution < 1.29 is 18.8 Å². The first-order valence-electron chi connectivity index (χ1n) is 10.5. The second-order valence-corrected chi connectivity index (χ2v) is 7.49. The van der Waals surface area contributed by atoms with Crippen LogP contribution >= 0.6 is 0 Å². The zero-order chi connectivity index (χ0) is 22.2. The van der Waals surface area contributed by atoms with E-state index >= 15 is 0 Å². The summed E-state index contributed by atoms with van der Waals surface area (Å²) in [5, 5.41) is 4.05. The summed E-state index contributed by atoms with van der Waals surface area (Å²) in [5.74, 6) is 2.28. The molecule has 1 aromatic heterocycles. The largest absolute Gasteiger partial charge is 0.497 e. The van der Waals surface area contributed by atoms with Gasteiger partial charge in [-0.05, 0) is 68.8 Å². The first-order chi connectivity index (χ1) is 15.0. The number of unbranched alkanes of at least 4 members (excludes halogenated alkanes) is 1. The standard InChI is InChI=1S/C24H29N3O4/c1-5-6-15-30-21-13-9-19(10-14-21)24(28)27(17(2)3)16-22-25-23(26-31-22)18-7-11-20(29-4)12-8-18/h7-14,17H,5-6,15-16H2,1-4H3. The predicted molar refractivity (Wildman–Crippen MR) is 118 cm³/mol. The van der Waals surface area contributed by atoms with Gasteiger partial charge in [0.05, 0.1) is 13.7 Å². The van der Waals surface area contributed by atoms with Crippen LogP contribution in [0, 0.1) is 0 Å². The zero-order valence-electron chi connectivity index (χ0n) is 18.5. The van der Waals surface area contributed by atoms with Gasteiger partial charge in [-0.2, -0.15) is 4.98 Å². The number of hydrogen-bond acceptors (Lipinski definition) is 6. The molecule has 0 aliphatic rings. The molecule has 2 aromatic carbocycles. The highest BCUT2D eigenvalue weighted by molar-refractivity contribution is 5.94. The van der Waals surface area contributed by atoms with E-state index in [-0.39, 0.29) is 18.5 Å². The molecule has 0 saturated carbocycles. The second-order valence-electron chi connectivity index (χ2n) is 7.49. The smallest absolute Gasteiger partial charge is 0.254 e. The normalized spacial score (nSPS) is 10.9. The molecule has 0 fully saturated rings. The van der Waals surface area contributed by atoms with Crippen molar-refractivity contribution in [2.45, 2.75) is 46.2 Å². The molecule has 0 aliphatic carbocycles. The van der Waals surface area contributed by atoms with E-state index in [9.17, 15) is 4.79 Å². The Labute approximate surface area is 183 Å². The van der Waals surface area contributed by atoms with Gasteiger partial charge in [0.2, 0.25) is 11.7 Å². The fraction of sp³-hybridized carbons (Fsp3) is 0.375. The fourth-order valence-corrected chi connectivity index (χ4v) is 3.00. The Hall–Kier alpha value is -3.35. The molecule has 0 unspecified atom stereocenters. The van der Waals surface area contributed by atoms with Crippen LogP contribution in [0.25, 0.3) is 11.4 Å². The highest BCUT2D eigenvalue weighted by Gasteiger charge is 2.22. The number of methoxy groups -OCH3 is 1. The van der Waals surface area contributed by atoms with Crippen LogP contribution in [-0.4, -0.2) is 40.7 Å². The number of rotatable bonds is 10. The number of aromatic nitrogens is 2. The Morgan fingerprint density at radius 1 is 1.06 bits per heavy atom. The minimum absolute atomic E-state index is 0.0377. The fourth-order valence-electron chi connectivity index (χ4n) is 3.00. The summed E-state index contributed by atoms with van der Waals surface area (Å²) in [6.07, 6.45) is 2.08. The van der Waals surface area contributed by atoms with Gasteiger partial charge in [-0.25, -0.2) is 0 Å². The van der Waals surface area contributed by atoms with Crippen LogP contribution in [0.5, 0.6) is 11.5 Å². The van der Waals surface area contributed by atoms with Gasteiger partial charge in [-0.15, -0.1) is 0 Å². The molecular weight excluding hydrogens is 394 g/mol. The third-order valence-electron chi connectivity index (χ3n) is 4.87. The Morgan fingerprint density at radius 3 is 2.35 bits per heavy atom. The molecule has 0 radical (unpaired) electrons. The molecule has 3 aromatic rings. The van der Waals surface area contributed by atoms with Crippen molar-refractivity contribution in [2.24, 2.45) is 0 Å². The maximum atomic E-state index is 13.1. The minimum atomic E-state index is -0.0979. The van der Waals surface area contributed by atoms with Crippen LogP contribution in [-0.2, 0) is 6.54 Å². The molecular formula is C24H29N3O4. The van der Waals surface area contributed by atoms with E-state index in [0.29, 0.717) is 23.9 Å². The van der Waals surface area contributed by atoms with Crippen molar-refractivity contribution in [3.63, 3.8) is 0 Å². The summed E-state index contributed by atoms with van der Waals surface area (Å²) in [6.45, 7) is 6.95. The molecule has 0 atom stereocenters. The van der Waals surface area contributed by atoms with Gasteiger partial charge in [-0.3, -0.25) is 4.79 Å². The van der Waals surface area contributed by atoms with E-state index in [1.807, 2.05) is 50.2 Å². The molecule has 164 valence electrons. The van der Waals surface area contributed by atoms with Crippen LogP contribution in [0.3, 0.4) is 0 Å². The number of amides is 1. The molecule has 0 spiro atoms. The number of ether oxygens (including phenoxy) is 2. The van der Waals surface area contributed by atoms with Crippen LogP contribution in [0.4, 0.5) is 0 Å². The SMILES string of the molecule is CCCCOc1ccc(C(=O)N(Cc2nc(-c3ccc(OC)cc3)no2)C(C)C)cc1. The monoisotopic (exact) mass is 423 g/mol. The summed E-state index contributed by atoms with van der Waals surface area (Å²) in [5.41, 5.74) is 1.41. The molecule has 1 heterocycles. The van der Waals surface area contributed by atoms with Crippen molar-refractivity contribution in [1.82, 2.24) is 15.0 Å². The quantitative estimate of drug-likeness (QED) is 0.428. The molecule has 7 heteroatoms. The summed E-state index contributed by atoms with van der Waals surface area (Å²) in [6, 6.07) is 14.6. The first kappa shape index (κ1) is 22.3. The van der Waals surface area contributed by atoms with Gasteiger partial charge in [0.1, 0.15) is 18.0 Å². The van der Waals surface area contributed by atoms with Crippen LogP contribution < -0.4 is 9.47 Å². The van der Waals surface area contributed by atoms with E-state index in [1.165, 1.54) is 0 Å². The molecule has 0 saturated heterocycles. The lowest BCUT2D eigenvalue weighted by Gasteiger charge is -2.25. The van der Waals surface area contributed by atoms with Gasteiger partial charge < -0.3 is 18.9 Å². The molecule has 1 amide bonds. The summed E-state index contributed by atoms with van der Waals surface area (Å²) in [4.78, 5) is 19.3. The Morgan fingerprint density at radius 2 is 1.74 bits per heavy atom. The molecule has 0 aliphatic heterocycles. The third kappa shape index (κ3) is 5.84. The average Bonchev–Trinajstić information content (AvgIpc) is 3.26. The molecule has 0 bridgehead atoms. The summed E-state index contributed by atoms with van der Waals surface area (Å²) >= 11 is 0. The average molecular weight is 424 g/mol. The van der Waals surface area contributed by atoms with E-state index in [0.717, 1.165) is 29.9 Å². The summed E-state index contributed by atoms with van der Waals surface area (Å²) < 4.78 is 16.3. The maximum Gasteiger partial charge on any atom is 0.254 e. The van der Waals surface area contributed by atoms with Crippen LogP contribution in [0.2, 0.25) is 0 Å². The topological polar surface area (TPSA) is 77.7 Å². The van der Waals surface area contributed by atoms with Crippen molar-refractivity contribution >= 4 is 5.91 Å². The molecule has 31 heavy (non-hydrogen) atoms. The van der Waals surface area contributed by atoms with Gasteiger partial charge in [0.15, 0.2) is 0 Å². The van der Waals surface area contributed by atoms with E-state index in [2.05, 4.69) is 17.1 Å². The van der Waals surface area contributed by atoms with Crippen LogP contribution in [0.1, 0.15) is 49.9 Å². The van der Waals surface area contributed by atoms with Gasteiger partial charge in [-0.1, -0.05) is 18.5 Å². The first-order valence-corrected chi connectivity index (χ1v) is 10.5. The Balaban J connectivity index is 1.69. The Bertz CT molecular complexity index is 965. The molecule has 0 N–H and O–H groups in total. The number of carbonyl (C=O) groups excluding carboxylic acids is 1. The minimum Gasteiger partial charge on any atom is -0.497 e. The van der Waals surface area contributed by atoms with Crippen molar-refractivity contribution in [2.75, 3.05) is 13.7 Å². The lowest BCUT2D eigenvalue weighted by molar-refractivity contribution is 0.0667. The van der Waals surface area contributed by atoms with E-state index in [1.54, 1.807) is 24.1 Å². The second kappa shape index (κ2) is 10.6. The lowest BCUT2D eigenvalue weighted by atomic mass is 10.1. The number of carbonyl (C=O) groups is 1. The summed E-state index contributed by atoms with van der Waals surface area (Å²) in [7, 11) is 1.62. The number of benzene rings is 2. The molecule has 7 nitrogen and oxygen atoms in total. The Kier molecular flexibility index (Phi) is 7.65. The maximum absolute atomic E-state index is 13.1.